The van der Waals surface area contributed by atoms with Crippen LogP contribution < -0.4 is 11.1 Å². The van der Waals surface area contributed by atoms with Crippen LogP contribution in [0.5, 0.6) is 0 Å². The molecule has 3 N–H and O–H groups in total. The summed E-state index contributed by atoms with van der Waals surface area (Å²) in [5, 5.41) is 2.62. The van der Waals surface area contributed by atoms with E-state index in [1.54, 1.807) is 0 Å². The van der Waals surface area contributed by atoms with Crippen LogP contribution in [-0.4, -0.2) is 18.5 Å². The molecule has 1 unspecified atom stereocenters. The predicted octanol–water partition coefficient (Wildman–Crippen LogP) is 3.15. The third-order valence-corrected chi connectivity index (χ3v) is 3.11. The van der Waals surface area contributed by atoms with Crippen LogP contribution in [0.4, 0.5) is 4.39 Å². The average molecular weight is 309 g/mol. The average Bonchev–Trinajstić information content (AvgIpc) is 2.37. The van der Waals surface area contributed by atoms with Gasteiger partial charge in [0, 0.05) is 12.6 Å². The molecule has 1 aromatic rings. The molecule has 1 aromatic carbocycles. The van der Waals surface area contributed by atoms with E-state index in [0.29, 0.717) is 6.54 Å². The minimum absolute atomic E-state index is 0. The van der Waals surface area contributed by atoms with Gasteiger partial charge >= 0.3 is 0 Å². The standard InChI is InChI=1S/C13H18ClFN2O.ClH/c1-2-3-5-9(8-16)17-13(18)10-6-4-7-11(15)12(10)14;/h4,6-7,9H,2-3,5,8,16H2,1H3,(H,17,18);1H. The van der Waals surface area contributed by atoms with Gasteiger partial charge in [-0.2, -0.15) is 0 Å². The lowest BCUT2D eigenvalue weighted by molar-refractivity contribution is 0.0935. The lowest BCUT2D eigenvalue weighted by Crippen LogP contribution is -2.40. The number of benzene rings is 1. The monoisotopic (exact) mass is 308 g/mol. The number of hydrogen-bond acceptors (Lipinski definition) is 2. The minimum Gasteiger partial charge on any atom is -0.348 e. The van der Waals surface area contributed by atoms with Crippen LogP contribution in [0.15, 0.2) is 18.2 Å². The molecule has 0 aliphatic carbocycles. The van der Waals surface area contributed by atoms with Crippen LogP contribution in [0.25, 0.3) is 0 Å². The van der Waals surface area contributed by atoms with Crippen molar-refractivity contribution in [2.24, 2.45) is 5.73 Å². The van der Waals surface area contributed by atoms with Crippen molar-refractivity contribution in [1.82, 2.24) is 5.32 Å². The number of amides is 1. The van der Waals surface area contributed by atoms with Gasteiger partial charge in [0.1, 0.15) is 5.82 Å². The Hall–Kier alpha value is -0.840. The number of nitrogens with two attached hydrogens (primary N) is 1. The molecule has 0 fully saturated rings. The molecule has 1 amide bonds. The molecular weight excluding hydrogens is 290 g/mol. The number of rotatable bonds is 6. The van der Waals surface area contributed by atoms with Gasteiger partial charge in [0.15, 0.2) is 0 Å². The highest BCUT2D eigenvalue weighted by atomic mass is 35.5. The van der Waals surface area contributed by atoms with Crippen molar-refractivity contribution < 1.29 is 9.18 Å². The lowest BCUT2D eigenvalue weighted by atomic mass is 10.1. The summed E-state index contributed by atoms with van der Waals surface area (Å²) in [7, 11) is 0. The van der Waals surface area contributed by atoms with Crippen LogP contribution in [0.2, 0.25) is 5.02 Å². The molecule has 19 heavy (non-hydrogen) atoms. The number of halogens is 3. The summed E-state index contributed by atoms with van der Waals surface area (Å²) < 4.78 is 13.2. The summed E-state index contributed by atoms with van der Waals surface area (Å²) in [6, 6.07) is 4.07. The van der Waals surface area contributed by atoms with Gasteiger partial charge in [-0.05, 0) is 18.6 Å². The molecule has 0 saturated heterocycles. The Kier molecular flexibility index (Phi) is 8.72. The van der Waals surface area contributed by atoms with E-state index in [1.807, 2.05) is 0 Å². The highest BCUT2D eigenvalue weighted by molar-refractivity contribution is 6.34. The van der Waals surface area contributed by atoms with Crippen LogP contribution in [0.1, 0.15) is 36.5 Å². The number of carbonyl (C=O) groups excluding carboxylic acids is 1. The molecule has 1 atom stereocenters. The predicted molar refractivity (Wildman–Crippen MR) is 78.5 cm³/mol. The molecule has 0 bridgehead atoms. The van der Waals surface area contributed by atoms with Crippen LogP contribution >= 0.6 is 24.0 Å². The van der Waals surface area contributed by atoms with Crippen LogP contribution in [0, 0.1) is 5.82 Å². The third kappa shape index (κ3) is 5.35. The van der Waals surface area contributed by atoms with Gasteiger partial charge in [-0.3, -0.25) is 4.79 Å². The molecule has 0 radical (unpaired) electrons. The molecular formula is C13H19Cl2FN2O. The summed E-state index contributed by atoms with van der Waals surface area (Å²) in [6.45, 7) is 2.43. The molecule has 108 valence electrons. The summed E-state index contributed by atoms with van der Waals surface area (Å²) in [4.78, 5) is 11.9. The highest BCUT2D eigenvalue weighted by Crippen LogP contribution is 2.19. The largest absolute Gasteiger partial charge is 0.348 e. The van der Waals surface area contributed by atoms with E-state index in [2.05, 4.69) is 12.2 Å². The number of unbranched alkanes of at least 4 members (excludes halogenated alkanes) is 1. The molecule has 3 nitrogen and oxygen atoms in total. The molecule has 0 spiro atoms. The smallest absolute Gasteiger partial charge is 0.253 e. The molecule has 0 aliphatic rings. The topological polar surface area (TPSA) is 55.1 Å². The number of carbonyl (C=O) groups is 1. The number of hydrogen-bond donors (Lipinski definition) is 2. The fourth-order valence-corrected chi connectivity index (χ4v) is 1.85. The van der Waals surface area contributed by atoms with Crippen molar-refractivity contribution in [1.29, 1.82) is 0 Å². The molecule has 0 aromatic heterocycles. The SMILES string of the molecule is CCCCC(CN)NC(=O)c1cccc(F)c1Cl.Cl. The summed E-state index contributed by atoms with van der Waals surface area (Å²) >= 11 is 5.75. The van der Waals surface area contributed by atoms with Gasteiger partial charge in [-0.25, -0.2) is 4.39 Å². The van der Waals surface area contributed by atoms with Crippen molar-refractivity contribution in [3.63, 3.8) is 0 Å². The van der Waals surface area contributed by atoms with Gasteiger partial charge in [-0.1, -0.05) is 37.4 Å². The van der Waals surface area contributed by atoms with E-state index in [1.165, 1.54) is 18.2 Å². The van der Waals surface area contributed by atoms with Gasteiger partial charge in [0.2, 0.25) is 0 Å². The summed E-state index contributed by atoms with van der Waals surface area (Å²) in [5.41, 5.74) is 5.73. The Balaban J connectivity index is 0.00000324. The second-order valence-electron chi connectivity index (χ2n) is 4.15. The molecule has 0 saturated carbocycles. The first-order valence-corrected chi connectivity index (χ1v) is 6.42. The first-order chi connectivity index (χ1) is 8.60. The second-order valence-corrected chi connectivity index (χ2v) is 4.53. The zero-order chi connectivity index (χ0) is 13.5. The van der Waals surface area contributed by atoms with E-state index in [0.717, 1.165) is 19.3 Å². The Labute approximate surface area is 124 Å². The van der Waals surface area contributed by atoms with E-state index in [9.17, 15) is 9.18 Å². The maximum absolute atomic E-state index is 13.2. The molecule has 1 rings (SSSR count). The second kappa shape index (κ2) is 9.13. The van der Waals surface area contributed by atoms with Crippen molar-refractivity contribution >= 4 is 29.9 Å². The van der Waals surface area contributed by atoms with Gasteiger partial charge < -0.3 is 11.1 Å². The fraction of sp³-hybridized carbons (Fsp3) is 0.462. The van der Waals surface area contributed by atoms with Crippen LogP contribution in [0.3, 0.4) is 0 Å². The normalized spacial score (nSPS) is 11.6. The fourth-order valence-electron chi connectivity index (χ4n) is 1.64. The maximum atomic E-state index is 13.2. The van der Waals surface area contributed by atoms with E-state index >= 15 is 0 Å². The zero-order valence-corrected chi connectivity index (χ0v) is 12.4. The van der Waals surface area contributed by atoms with Gasteiger partial charge in [0.25, 0.3) is 5.91 Å². The minimum atomic E-state index is -0.595. The van der Waals surface area contributed by atoms with Gasteiger partial charge in [-0.15, -0.1) is 12.4 Å². The Morgan fingerprint density at radius 1 is 1.53 bits per heavy atom. The quantitative estimate of drug-likeness (QED) is 0.848. The van der Waals surface area contributed by atoms with E-state index < -0.39 is 5.82 Å². The number of nitrogens with one attached hydrogen (secondary N) is 1. The highest BCUT2D eigenvalue weighted by Gasteiger charge is 2.16. The summed E-state index contributed by atoms with van der Waals surface area (Å²) in [5.74, 6) is -0.978. The Morgan fingerprint density at radius 2 is 2.21 bits per heavy atom. The maximum Gasteiger partial charge on any atom is 0.253 e. The van der Waals surface area contributed by atoms with Crippen molar-refractivity contribution in [2.75, 3.05) is 6.54 Å². The zero-order valence-electron chi connectivity index (χ0n) is 10.8. The first-order valence-electron chi connectivity index (χ1n) is 6.05. The molecule has 6 heteroatoms. The van der Waals surface area contributed by atoms with Crippen LogP contribution in [-0.2, 0) is 0 Å². The van der Waals surface area contributed by atoms with E-state index in [4.69, 9.17) is 17.3 Å². The van der Waals surface area contributed by atoms with Crippen molar-refractivity contribution in [3.05, 3.63) is 34.6 Å². The third-order valence-electron chi connectivity index (χ3n) is 2.72. The lowest BCUT2D eigenvalue weighted by Gasteiger charge is -2.17. The van der Waals surface area contributed by atoms with Gasteiger partial charge in [0.05, 0.1) is 10.6 Å². The first kappa shape index (κ1) is 18.2. The summed E-state index contributed by atoms with van der Waals surface area (Å²) in [6.07, 6.45) is 2.83. The molecule has 0 heterocycles. The molecule has 0 aliphatic heterocycles. The van der Waals surface area contributed by atoms with Crippen molar-refractivity contribution in [3.8, 4) is 0 Å². The Morgan fingerprint density at radius 3 is 2.79 bits per heavy atom. The van der Waals surface area contributed by atoms with Crippen molar-refractivity contribution in [2.45, 2.75) is 32.2 Å². The van der Waals surface area contributed by atoms with E-state index in [-0.39, 0.29) is 34.9 Å². The Bertz CT molecular complexity index is 416.